The maximum absolute atomic E-state index is 12.2. The second-order valence-electron chi connectivity index (χ2n) is 3.87. The highest BCUT2D eigenvalue weighted by molar-refractivity contribution is 7.92. The smallest absolute Gasteiger partial charge is 0.263 e. The van der Waals surface area contributed by atoms with Crippen molar-refractivity contribution in [1.29, 1.82) is 0 Å². The summed E-state index contributed by atoms with van der Waals surface area (Å²) in [4.78, 5) is 3.76. The zero-order valence-electron chi connectivity index (χ0n) is 10.3. The second-order valence-corrected chi connectivity index (χ2v) is 6.81. The molecule has 1 heterocycles. The molecule has 0 unspecified atom stereocenters. The SMILES string of the molecule is NNc1ccc(S(=O)(=O)Nc2c(Cl)cc(Cl)cc2Cl)cn1. The Morgan fingerprint density at radius 2 is 1.71 bits per heavy atom. The Morgan fingerprint density at radius 3 is 2.19 bits per heavy atom. The van der Waals surface area contributed by atoms with Crippen LogP contribution in [0.15, 0.2) is 35.4 Å². The lowest BCUT2D eigenvalue weighted by atomic mass is 10.3. The van der Waals surface area contributed by atoms with Crippen molar-refractivity contribution in [2.75, 3.05) is 10.1 Å². The molecule has 0 bridgehead atoms. The number of pyridine rings is 1. The van der Waals surface area contributed by atoms with Gasteiger partial charge in [0.1, 0.15) is 10.7 Å². The highest BCUT2D eigenvalue weighted by Gasteiger charge is 2.18. The number of hydrazine groups is 1. The molecule has 0 amide bonds. The van der Waals surface area contributed by atoms with Crippen LogP contribution in [0.1, 0.15) is 0 Å². The number of aromatic nitrogens is 1. The van der Waals surface area contributed by atoms with Gasteiger partial charge in [-0.15, -0.1) is 0 Å². The first kappa shape index (κ1) is 16.1. The number of sulfonamides is 1. The van der Waals surface area contributed by atoms with Gasteiger partial charge < -0.3 is 5.43 Å². The van der Waals surface area contributed by atoms with Gasteiger partial charge in [0.25, 0.3) is 10.0 Å². The predicted octanol–water partition coefficient (Wildman–Crippen LogP) is 3.13. The van der Waals surface area contributed by atoms with Gasteiger partial charge in [-0.05, 0) is 24.3 Å². The Morgan fingerprint density at radius 1 is 1.10 bits per heavy atom. The van der Waals surface area contributed by atoms with Gasteiger partial charge in [0, 0.05) is 11.2 Å². The number of nitrogens with one attached hydrogen (secondary N) is 2. The molecule has 0 fully saturated rings. The van der Waals surface area contributed by atoms with Crippen molar-refractivity contribution >= 4 is 56.3 Å². The molecule has 21 heavy (non-hydrogen) atoms. The van der Waals surface area contributed by atoms with Crippen LogP contribution in [0.5, 0.6) is 0 Å². The van der Waals surface area contributed by atoms with Crippen molar-refractivity contribution in [3.05, 3.63) is 45.5 Å². The summed E-state index contributed by atoms with van der Waals surface area (Å²) < 4.78 is 26.8. The molecule has 4 N–H and O–H groups in total. The van der Waals surface area contributed by atoms with Crippen LogP contribution in [0, 0.1) is 0 Å². The first-order chi connectivity index (χ1) is 9.83. The van der Waals surface area contributed by atoms with Gasteiger partial charge in [-0.1, -0.05) is 34.8 Å². The normalized spacial score (nSPS) is 11.2. The number of nitrogen functional groups attached to an aromatic ring is 1. The fourth-order valence-corrected chi connectivity index (χ4v) is 3.53. The molecule has 0 aliphatic carbocycles. The molecule has 6 nitrogen and oxygen atoms in total. The minimum atomic E-state index is -3.89. The summed E-state index contributed by atoms with van der Waals surface area (Å²) in [5.74, 6) is 5.49. The van der Waals surface area contributed by atoms with Gasteiger partial charge >= 0.3 is 0 Å². The van der Waals surface area contributed by atoms with Crippen LogP contribution in [-0.4, -0.2) is 13.4 Å². The third-order valence-corrected chi connectivity index (χ3v) is 4.59. The average molecular weight is 368 g/mol. The summed E-state index contributed by atoms with van der Waals surface area (Å²) >= 11 is 17.6. The summed E-state index contributed by atoms with van der Waals surface area (Å²) in [5.41, 5.74) is 2.34. The zero-order chi connectivity index (χ0) is 15.6. The first-order valence-electron chi connectivity index (χ1n) is 5.43. The Bertz CT molecular complexity index is 743. The van der Waals surface area contributed by atoms with Crippen LogP contribution in [0.3, 0.4) is 0 Å². The van der Waals surface area contributed by atoms with Crippen molar-refractivity contribution in [1.82, 2.24) is 4.98 Å². The van der Waals surface area contributed by atoms with E-state index in [-0.39, 0.29) is 20.6 Å². The lowest BCUT2D eigenvalue weighted by molar-refractivity contribution is 0.601. The maximum Gasteiger partial charge on any atom is 0.263 e. The van der Waals surface area contributed by atoms with Gasteiger partial charge in [-0.2, -0.15) is 0 Å². The van der Waals surface area contributed by atoms with Crippen LogP contribution in [0.4, 0.5) is 11.5 Å². The standard InChI is InChI=1S/C11H9Cl3N4O2S/c12-6-3-8(13)11(9(14)4-6)18-21(19,20)7-1-2-10(17-15)16-5-7/h1-5,18H,15H2,(H,16,17). The van der Waals surface area contributed by atoms with Crippen molar-refractivity contribution in [3.63, 3.8) is 0 Å². The summed E-state index contributed by atoms with van der Waals surface area (Å²) in [7, 11) is -3.89. The number of benzene rings is 1. The second kappa shape index (κ2) is 6.25. The maximum atomic E-state index is 12.2. The number of halogens is 3. The molecular formula is C11H9Cl3N4O2S. The third-order valence-electron chi connectivity index (χ3n) is 2.44. The fourth-order valence-electron chi connectivity index (χ4n) is 1.46. The molecule has 0 aliphatic rings. The molecular weight excluding hydrogens is 359 g/mol. The molecule has 2 rings (SSSR count). The Hall–Kier alpha value is -1.25. The number of hydrogen-bond acceptors (Lipinski definition) is 5. The number of rotatable bonds is 4. The van der Waals surface area contributed by atoms with Gasteiger partial charge in [-0.25, -0.2) is 19.2 Å². The molecule has 112 valence electrons. The van der Waals surface area contributed by atoms with E-state index in [1.165, 1.54) is 24.3 Å². The zero-order valence-corrected chi connectivity index (χ0v) is 13.4. The molecule has 0 saturated carbocycles. The Labute approximate surface area is 136 Å². The van der Waals surface area contributed by atoms with Crippen LogP contribution >= 0.6 is 34.8 Å². The van der Waals surface area contributed by atoms with Gasteiger partial charge in [0.05, 0.1) is 15.7 Å². The van der Waals surface area contributed by atoms with Crippen LogP contribution < -0.4 is 16.0 Å². The molecule has 0 spiro atoms. The van der Waals surface area contributed by atoms with Crippen molar-refractivity contribution in [2.24, 2.45) is 5.84 Å². The van der Waals surface area contributed by atoms with Crippen molar-refractivity contribution in [3.8, 4) is 0 Å². The minimum absolute atomic E-state index is 0.0451. The first-order valence-corrected chi connectivity index (χ1v) is 8.05. The molecule has 0 saturated heterocycles. The van der Waals surface area contributed by atoms with E-state index < -0.39 is 10.0 Å². The van der Waals surface area contributed by atoms with Crippen LogP contribution in [-0.2, 0) is 10.0 Å². The lowest BCUT2D eigenvalue weighted by Crippen LogP contribution is -2.15. The van der Waals surface area contributed by atoms with E-state index in [9.17, 15) is 8.42 Å². The quantitative estimate of drug-likeness (QED) is 0.570. The van der Waals surface area contributed by atoms with E-state index >= 15 is 0 Å². The lowest BCUT2D eigenvalue weighted by Gasteiger charge is -2.11. The summed E-state index contributed by atoms with van der Waals surface area (Å²) in [6, 6.07) is 5.51. The topological polar surface area (TPSA) is 97.1 Å². The summed E-state index contributed by atoms with van der Waals surface area (Å²) in [6.07, 6.45) is 1.15. The largest absolute Gasteiger partial charge is 0.308 e. The van der Waals surface area contributed by atoms with Gasteiger partial charge in [0.15, 0.2) is 0 Å². The monoisotopic (exact) mass is 366 g/mol. The molecule has 0 aliphatic heterocycles. The van der Waals surface area contributed by atoms with E-state index in [4.69, 9.17) is 40.6 Å². The van der Waals surface area contributed by atoms with Crippen molar-refractivity contribution in [2.45, 2.75) is 4.90 Å². The van der Waals surface area contributed by atoms with E-state index in [1.807, 2.05) is 0 Å². The fraction of sp³-hybridized carbons (Fsp3) is 0. The van der Waals surface area contributed by atoms with Gasteiger partial charge in [-0.3, -0.25) is 4.72 Å². The van der Waals surface area contributed by atoms with E-state index in [0.717, 1.165) is 6.20 Å². The van der Waals surface area contributed by atoms with Crippen LogP contribution in [0.2, 0.25) is 15.1 Å². The Balaban J connectivity index is 2.37. The van der Waals surface area contributed by atoms with E-state index in [1.54, 1.807) is 0 Å². The Kier molecular flexibility index (Phi) is 4.80. The number of hydrogen-bond donors (Lipinski definition) is 3. The molecule has 1 aromatic heterocycles. The average Bonchev–Trinajstić information content (AvgIpc) is 2.43. The number of anilines is 2. The summed E-state index contributed by atoms with van der Waals surface area (Å²) in [6.45, 7) is 0. The third kappa shape index (κ3) is 3.69. The van der Waals surface area contributed by atoms with E-state index in [2.05, 4.69) is 15.1 Å². The highest BCUT2D eigenvalue weighted by Crippen LogP contribution is 2.35. The number of nitrogens with zero attached hydrogens (tertiary/aromatic N) is 1. The van der Waals surface area contributed by atoms with Crippen LogP contribution in [0.25, 0.3) is 0 Å². The molecule has 10 heteroatoms. The predicted molar refractivity (Wildman–Crippen MR) is 84.3 cm³/mol. The molecule has 2 aromatic rings. The molecule has 0 atom stereocenters. The minimum Gasteiger partial charge on any atom is -0.308 e. The summed E-state index contributed by atoms with van der Waals surface area (Å²) in [5, 5.41) is 0.474. The molecule has 0 radical (unpaired) electrons. The highest BCUT2D eigenvalue weighted by atomic mass is 35.5. The van der Waals surface area contributed by atoms with Gasteiger partial charge in [0.2, 0.25) is 0 Å². The van der Waals surface area contributed by atoms with E-state index in [0.29, 0.717) is 10.8 Å². The number of nitrogens with two attached hydrogens (primary N) is 1. The van der Waals surface area contributed by atoms with Crippen molar-refractivity contribution < 1.29 is 8.42 Å². The molecule has 1 aromatic carbocycles.